The summed E-state index contributed by atoms with van der Waals surface area (Å²) in [6.45, 7) is 11.6. The standard InChI is InChI=1S/C33H43N3O4S/c1-32(2,3)27-18-20-28(21-19-27)36(41(7,39)40)24-30(37)35(23-26-16-12-9-13-17-26)29(31(38)34-33(4,5)6)22-25-14-10-8-11-15-25/h8-21,29H,22-24H2,1-7H3,(H,34,38)/t29-/m1/s1. The van der Waals surface area contributed by atoms with E-state index < -0.39 is 34.1 Å². The van der Waals surface area contributed by atoms with Gasteiger partial charge in [0.2, 0.25) is 21.8 Å². The van der Waals surface area contributed by atoms with E-state index in [9.17, 15) is 18.0 Å². The number of hydrogen-bond donors (Lipinski definition) is 1. The molecule has 0 heterocycles. The van der Waals surface area contributed by atoms with Crippen LogP contribution in [0, 0.1) is 0 Å². The zero-order chi connectivity index (χ0) is 30.4. The Balaban J connectivity index is 2.05. The first-order valence-electron chi connectivity index (χ1n) is 13.8. The van der Waals surface area contributed by atoms with E-state index in [0.717, 1.165) is 27.3 Å². The first-order valence-corrected chi connectivity index (χ1v) is 15.7. The molecule has 3 rings (SSSR count). The highest BCUT2D eigenvalue weighted by Crippen LogP contribution is 2.26. The topological polar surface area (TPSA) is 86.8 Å². The van der Waals surface area contributed by atoms with E-state index in [2.05, 4.69) is 26.1 Å². The molecule has 1 N–H and O–H groups in total. The van der Waals surface area contributed by atoms with E-state index in [4.69, 9.17) is 0 Å². The second kappa shape index (κ2) is 12.9. The van der Waals surface area contributed by atoms with Crippen LogP contribution in [-0.4, -0.2) is 49.5 Å². The molecule has 3 aromatic carbocycles. The molecule has 2 amide bonds. The Hall–Kier alpha value is -3.65. The van der Waals surface area contributed by atoms with Crippen LogP contribution in [0.25, 0.3) is 0 Å². The van der Waals surface area contributed by atoms with Crippen LogP contribution < -0.4 is 9.62 Å². The molecule has 3 aromatic rings. The minimum absolute atomic E-state index is 0.109. The summed E-state index contributed by atoms with van der Waals surface area (Å²) in [6.07, 6.45) is 1.37. The third kappa shape index (κ3) is 9.46. The molecule has 1 atom stereocenters. The van der Waals surface area contributed by atoms with Crippen molar-refractivity contribution in [3.63, 3.8) is 0 Å². The van der Waals surface area contributed by atoms with Gasteiger partial charge in [-0.25, -0.2) is 8.42 Å². The van der Waals surface area contributed by atoms with Gasteiger partial charge in [0.15, 0.2) is 0 Å². The molecule has 0 saturated heterocycles. The van der Waals surface area contributed by atoms with Crippen molar-refractivity contribution in [2.45, 2.75) is 71.5 Å². The largest absolute Gasteiger partial charge is 0.350 e. The molecule has 7 nitrogen and oxygen atoms in total. The molecule has 0 aliphatic rings. The second-order valence-electron chi connectivity index (χ2n) is 12.5. The third-order valence-corrected chi connectivity index (χ3v) is 7.81. The number of carbonyl (C=O) groups excluding carboxylic acids is 2. The van der Waals surface area contributed by atoms with E-state index in [1.807, 2.05) is 93.6 Å². The fraction of sp³-hybridized carbons (Fsp3) is 0.394. The fourth-order valence-electron chi connectivity index (χ4n) is 4.53. The van der Waals surface area contributed by atoms with Gasteiger partial charge in [-0.1, -0.05) is 93.6 Å². The second-order valence-corrected chi connectivity index (χ2v) is 14.4. The molecule has 0 aromatic heterocycles. The predicted molar refractivity (Wildman–Crippen MR) is 166 cm³/mol. The maximum Gasteiger partial charge on any atom is 0.244 e. The van der Waals surface area contributed by atoms with Crippen molar-refractivity contribution in [3.05, 3.63) is 102 Å². The number of benzene rings is 3. The van der Waals surface area contributed by atoms with E-state index in [1.54, 1.807) is 12.1 Å². The van der Waals surface area contributed by atoms with E-state index in [-0.39, 0.29) is 24.3 Å². The van der Waals surface area contributed by atoms with Crippen LogP contribution in [0.3, 0.4) is 0 Å². The van der Waals surface area contributed by atoms with Crippen LogP contribution in [-0.2, 0) is 38.0 Å². The monoisotopic (exact) mass is 577 g/mol. The summed E-state index contributed by atoms with van der Waals surface area (Å²) in [5.74, 6) is -0.768. The Bertz CT molecular complexity index is 1410. The molecule has 0 spiro atoms. The summed E-state index contributed by atoms with van der Waals surface area (Å²) in [6, 6.07) is 25.3. The number of hydrogen-bond acceptors (Lipinski definition) is 4. The van der Waals surface area contributed by atoms with Gasteiger partial charge in [0.05, 0.1) is 11.9 Å². The molecule has 0 bridgehead atoms. The summed E-state index contributed by atoms with van der Waals surface area (Å²) in [5.41, 5.74) is 2.54. The van der Waals surface area contributed by atoms with Crippen LogP contribution >= 0.6 is 0 Å². The summed E-state index contributed by atoms with van der Waals surface area (Å²) in [4.78, 5) is 29.4. The average molecular weight is 578 g/mol. The van der Waals surface area contributed by atoms with Crippen molar-refractivity contribution in [2.75, 3.05) is 17.1 Å². The highest BCUT2D eigenvalue weighted by molar-refractivity contribution is 7.92. The molecular weight excluding hydrogens is 534 g/mol. The van der Waals surface area contributed by atoms with Crippen LogP contribution in [0.2, 0.25) is 0 Å². The fourth-order valence-corrected chi connectivity index (χ4v) is 5.38. The predicted octanol–water partition coefficient (Wildman–Crippen LogP) is 5.30. The lowest BCUT2D eigenvalue weighted by atomic mass is 9.87. The highest BCUT2D eigenvalue weighted by atomic mass is 32.2. The van der Waals surface area contributed by atoms with Crippen molar-refractivity contribution in [1.82, 2.24) is 10.2 Å². The summed E-state index contributed by atoms with van der Waals surface area (Å²) < 4.78 is 27.1. The van der Waals surface area contributed by atoms with Crippen molar-refractivity contribution in [1.29, 1.82) is 0 Å². The lowest BCUT2D eigenvalue weighted by Gasteiger charge is -2.35. The lowest BCUT2D eigenvalue weighted by molar-refractivity contribution is -0.140. The van der Waals surface area contributed by atoms with Gasteiger partial charge >= 0.3 is 0 Å². The molecule has 0 fully saturated rings. The quantitative estimate of drug-likeness (QED) is 0.354. The van der Waals surface area contributed by atoms with Crippen LogP contribution in [0.4, 0.5) is 5.69 Å². The first kappa shape index (κ1) is 31.9. The summed E-state index contributed by atoms with van der Waals surface area (Å²) in [5, 5.41) is 3.03. The lowest BCUT2D eigenvalue weighted by Crippen LogP contribution is -2.56. The number of nitrogens with one attached hydrogen (secondary N) is 1. The Kier molecular flexibility index (Phi) is 10.0. The molecule has 220 valence electrons. The van der Waals surface area contributed by atoms with Crippen molar-refractivity contribution < 1.29 is 18.0 Å². The maximum absolute atomic E-state index is 14.1. The van der Waals surface area contributed by atoms with Crippen LogP contribution in [0.15, 0.2) is 84.9 Å². The highest BCUT2D eigenvalue weighted by Gasteiger charge is 2.34. The molecule has 0 aliphatic carbocycles. The number of carbonyl (C=O) groups is 2. The molecule has 0 unspecified atom stereocenters. The van der Waals surface area contributed by atoms with Gasteiger partial charge in [0.1, 0.15) is 12.6 Å². The minimum atomic E-state index is -3.82. The number of amides is 2. The average Bonchev–Trinajstić information content (AvgIpc) is 2.88. The molecule has 0 saturated carbocycles. The van der Waals surface area contributed by atoms with E-state index in [0.29, 0.717) is 5.69 Å². The number of sulfonamides is 1. The van der Waals surface area contributed by atoms with Crippen molar-refractivity contribution in [2.24, 2.45) is 0 Å². The van der Waals surface area contributed by atoms with E-state index in [1.165, 1.54) is 4.90 Å². The SMILES string of the molecule is CC(C)(C)NC(=O)[C@@H](Cc1ccccc1)N(Cc1ccccc1)C(=O)CN(c1ccc(C(C)(C)C)cc1)S(C)(=O)=O. The molecule has 41 heavy (non-hydrogen) atoms. The molecular formula is C33H43N3O4S. The smallest absolute Gasteiger partial charge is 0.244 e. The van der Waals surface area contributed by atoms with Gasteiger partial charge in [-0.15, -0.1) is 0 Å². The molecule has 8 heteroatoms. The van der Waals surface area contributed by atoms with Crippen LogP contribution in [0.1, 0.15) is 58.2 Å². The van der Waals surface area contributed by atoms with Crippen molar-refractivity contribution >= 4 is 27.5 Å². The third-order valence-electron chi connectivity index (χ3n) is 6.67. The van der Waals surface area contributed by atoms with Gasteiger partial charge < -0.3 is 10.2 Å². The van der Waals surface area contributed by atoms with Gasteiger partial charge in [-0.2, -0.15) is 0 Å². The first-order chi connectivity index (χ1) is 19.0. The number of anilines is 1. The summed E-state index contributed by atoms with van der Waals surface area (Å²) in [7, 11) is -3.82. The number of rotatable bonds is 10. The van der Waals surface area contributed by atoms with E-state index >= 15 is 0 Å². The van der Waals surface area contributed by atoms with Crippen molar-refractivity contribution in [3.8, 4) is 0 Å². The maximum atomic E-state index is 14.1. The molecule has 0 aliphatic heterocycles. The normalized spacial score (nSPS) is 12.9. The molecule has 0 radical (unpaired) electrons. The Morgan fingerprint density at radius 1 is 0.780 bits per heavy atom. The Morgan fingerprint density at radius 3 is 1.76 bits per heavy atom. The minimum Gasteiger partial charge on any atom is -0.350 e. The zero-order valence-electron chi connectivity index (χ0n) is 25.2. The zero-order valence-corrected chi connectivity index (χ0v) is 26.0. The van der Waals surface area contributed by atoms with Gasteiger partial charge in [-0.05, 0) is 55.0 Å². The Morgan fingerprint density at radius 2 is 1.29 bits per heavy atom. The summed E-state index contributed by atoms with van der Waals surface area (Å²) >= 11 is 0. The number of nitrogens with zero attached hydrogens (tertiary/aromatic N) is 2. The van der Waals surface area contributed by atoms with Gasteiger partial charge in [-0.3, -0.25) is 13.9 Å². The van der Waals surface area contributed by atoms with Gasteiger partial charge in [0, 0.05) is 18.5 Å². The van der Waals surface area contributed by atoms with Gasteiger partial charge in [0.25, 0.3) is 0 Å². The Labute approximate surface area is 245 Å². The van der Waals surface area contributed by atoms with Crippen LogP contribution in [0.5, 0.6) is 0 Å².